The summed E-state index contributed by atoms with van der Waals surface area (Å²) in [4.78, 5) is 17.2. The third-order valence-corrected chi connectivity index (χ3v) is 5.67. The number of aromatic nitrogens is 1. The highest BCUT2D eigenvalue weighted by molar-refractivity contribution is 8.00. The third kappa shape index (κ3) is 5.67. The lowest BCUT2D eigenvalue weighted by molar-refractivity contribution is -0.113. The van der Waals surface area contributed by atoms with Crippen molar-refractivity contribution in [2.45, 2.75) is 5.03 Å². The summed E-state index contributed by atoms with van der Waals surface area (Å²) in [6, 6.07) is 16.1. The molecule has 170 valence electrons. The Kier molecular flexibility index (Phi) is 8.00. The van der Waals surface area contributed by atoms with E-state index >= 15 is 0 Å². The van der Waals surface area contributed by atoms with Gasteiger partial charge in [-0.15, -0.1) is 0 Å². The number of hydrogen-bond acceptors (Lipinski definition) is 8. The Morgan fingerprint density at radius 2 is 1.70 bits per heavy atom. The van der Waals surface area contributed by atoms with E-state index in [9.17, 15) is 10.1 Å². The van der Waals surface area contributed by atoms with Crippen LogP contribution in [0.4, 0.5) is 5.69 Å². The van der Waals surface area contributed by atoms with Crippen molar-refractivity contribution in [1.82, 2.24) is 4.98 Å². The second-order valence-corrected chi connectivity index (χ2v) is 7.60. The number of carbonyl (C=O) groups excluding carboxylic acids is 1. The average Bonchev–Trinajstić information content (AvgIpc) is 2.86. The standard InChI is InChI=1S/C24H23N3O5S/c1-29-17-7-9-19(21(12-17)31-3)26-23(28)14-33-24-16(13-25)5-8-18(27-24)15-6-10-20(30-2)22(11-15)32-4/h5-12H,14H2,1-4H3,(H,26,28). The molecule has 33 heavy (non-hydrogen) atoms. The van der Waals surface area contributed by atoms with E-state index in [1.165, 1.54) is 18.9 Å². The first-order valence-electron chi connectivity index (χ1n) is 9.81. The number of rotatable bonds is 9. The number of ether oxygens (including phenoxy) is 4. The first-order valence-corrected chi connectivity index (χ1v) is 10.8. The fourth-order valence-corrected chi connectivity index (χ4v) is 3.79. The highest BCUT2D eigenvalue weighted by Gasteiger charge is 2.14. The Hall–Kier alpha value is -3.90. The molecule has 8 nitrogen and oxygen atoms in total. The maximum atomic E-state index is 12.6. The van der Waals surface area contributed by atoms with Gasteiger partial charge in [0.05, 0.1) is 51.1 Å². The SMILES string of the molecule is COc1ccc(NC(=O)CSc2nc(-c3ccc(OC)c(OC)c3)ccc2C#N)c(OC)c1. The molecule has 0 fully saturated rings. The van der Waals surface area contributed by atoms with Gasteiger partial charge in [0.2, 0.25) is 5.91 Å². The molecule has 1 aromatic heterocycles. The van der Waals surface area contributed by atoms with Crippen LogP contribution in [-0.4, -0.2) is 45.1 Å². The molecule has 2 aromatic carbocycles. The van der Waals surface area contributed by atoms with Crippen molar-refractivity contribution >= 4 is 23.4 Å². The molecule has 0 aliphatic rings. The second kappa shape index (κ2) is 11.1. The van der Waals surface area contributed by atoms with Crippen LogP contribution in [0.5, 0.6) is 23.0 Å². The minimum Gasteiger partial charge on any atom is -0.497 e. The maximum absolute atomic E-state index is 12.6. The van der Waals surface area contributed by atoms with Gasteiger partial charge >= 0.3 is 0 Å². The number of methoxy groups -OCH3 is 4. The largest absolute Gasteiger partial charge is 0.497 e. The van der Waals surface area contributed by atoms with Crippen LogP contribution in [0, 0.1) is 11.3 Å². The van der Waals surface area contributed by atoms with Crippen LogP contribution in [0.15, 0.2) is 53.6 Å². The van der Waals surface area contributed by atoms with Gasteiger partial charge in [-0.25, -0.2) is 4.98 Å². The maximum Gasteiger partial charge on any atom is 0.234 e. The Labute approximate surface area is 196 Å². The van der Waals surface area contributed by atoms with Crippen molar-refractivity contribution in [3.05, 3.63) is 54.1 Å². The molecule has 1 N–H and O–H groups in total. The van der Waals surface area contributed by atoms with E-state index in [0.717, 1.165) is 5.56 Å². The second-order valence-electron chi connectivity index (χ2n) is 6.63. The number of benzene rings is 2. The first-order chi connectivity index (χ1) is 16.0. The molecule has 1 amide bonds. The number of nitriles is 1. The van der Waals surface area contributed by atoms with E-state index in [2.05, 4.69) is 16.4 Å². The fourth-order valence-electron chi connectivity index (χ4n) is 3.01. The number of thioether (sulfide) groups is 1. The van der Waals surface area contributed by atoms with Gasteiger partial charge in [-0.2, -0.15) is 5.26 Å². The minimum atomic E-state index is -0.259. The molecule has 0 spiro atoms. The van der Waals surface area contributed by atoms with E-state index in [1.807, 2.05) is 12.1 Å². The van der Waals surface area contributed by atoms with Crippen LogP contribution in [0.2, 0.25) is 0 Å². The van der Waals surface area contributed by atoms with Crippen LogP contribution < -0.4 is 24.3 Å². The lowest BCUT2D eigenvalue weighted by Gasteiger charge is -2.12. The Morgan fingerprint density at radius 3 is 2.36 bits per heavy atom. The van der Waals surface area contributed by atoms with E-state index in [-0.39, 0.29) is 11.7 Å². The van der Waals surface area contributed by atoms with E-state index < -0.39 is 0 Å². The van der Waals surface area contributed by atoms with Crippen molar-refractivity contribution in [2.75, 3.05) is 39.5 Å². The van der Waals surface area contributed by atoms with Crippen LogP contribution in [0.3, 0.4) is 0 Å². The van der Waals surface area contributed by atoms with Gasteiger partial charge in [0.1, 0.15) is 22.6 Å². The molecular formula is C24H23N3O5S. The zero-order chi connectivity index (χ0) is 23.8. The predicted octanol–water partition coefficient (Wildman–Crippen LogP) is 4.39. The number of hydrogen-bond donors (Lipinski definition) is 1. The van der Waals surface area contributed by atoms with Crippen molar-refractivity contribution in [3.8, 4) is 40.3 Å². The molecule has 0 saturated carbocycles. The van der Waals surface area contributed by atoms with Gasteiger partial charge in [-0.1, -0.05) is 11.8 Å². The van der Waals surface area contributed by atoms with Crippen LogP contribution in [-0.2, 0) is 4.79 Å². The normalized spacial score (nSPS) is 10.2. The summed E-state index contributed by atoms with van der Waals surface area (Å²) in [6.07, 6.45) is 0. The number of nitrogens with zero attached hydrogens (tertiary/aromatic N) is 2. The Morgan fingerprint density at radius 1 is 0.939 bits per heavy atom. The smallest absolute Gasteiger partial charge is 0.234 e. The highest BCUT2D eigenvalue weighted by atomic mass is 32.2. The first kappa shape index (κ1) is 23.8. The quantitative estimate of drug-likeness (QED) is 0.464. The molecule has 0 atom stereocenters. The zero-order valence-corrected chi connectivity index (χ0v) is 19.5. The molecule has 0 bridgehead atoms. The molecule has 0 unspecified atom stereocenters. The summed E-state index contributed by atoms with van der Waals surface area (Å²) in [7, 11) is 6.20. The van der Waals surface area contributed by atoms with Gasteiger partial charge in [0.15, 0.2) is 11.5 Å². The molecule has 0 saturated heterocycles. The average molecular weight is 466 g/mol. The van der Waals surface area contributed by atoms with E-state index in [1.54, 1.807) is 57.7 Å². The summed E-state index contributed by atoms with van der Waals surface area (Å²) < 4.78 is 21.1. The highest BCUT2D eigenvalue weighted by Crippen LogP contribution is 2.33. The summed E-state index contributed by atoms with van der Waals surface area (Å²) in [6.45, 7) is 0. The number of amides is 1. The molecule has 0 aliphatic heterocycles. The van der Waals surface area contributed by atoms with Crippen molar-refractivity contribution < 1.29 is 23.7 Å². The van der Waals surface area contributed by atoms with Gasteiger partial charge in [0.25, 0.3) is 0 Å². The number of nitrogens with one attached hydrogen (secondary N) is 1. The molecule has 1 heterocycles. The monoisotopic (exact) mass is 465 g/mol. The van der Waals surface area contributed by atoms with Crippen LogP contribution in [0.25, 0.3) is 11.3 Å². The third-order valence-electron chi connectivity index (χ3n) is 4.68. The lowest BCUT2D eigenvalue weighted by atomic mass is 10.1. The van der Waals surface area contributed by atoms with Crippen molar-refractivity contribution in [3.63, 3.8) is 0 Å². The van der Waals surface area contributed by atoms with Crippen LogP contribution >= 0.6 is 11.8 Å². The molecular weight excluding hydrogens is 442 g/mol. The predicted molar refractivity (Wildman–Crippen MR) is 126 cm³/mol. The Bertz CT molecular complexity index is 1190. The summed E-state index contributed by atoms with van der Waals surface area (Å²) >= 11 is 1.18. The fraction of sp³-hybridized carbons (Fsp3) is 0.208. The van der Waals surface area contributed by atoms with Crippen molar-refractivity contribution in [2.24, 2.45) is 0 Å². The lowest BCUT2D eigenvalue weighted by Crippen LogP contribution is -2.15. The molecule has 3 rings (SSSR count). The summed E-state index contributed by atoms with van der Waals surface area (Å²) in [5.41, 5.74) is 2.36. The number of pyridine rings is 1. The van der Waals surface area contributed by atoms with E-state index in [4.69, 9.17) is 18.9 Å². The molecule has 0 radical (unpaired) electrons. The summed E-state index contributed by atoms with van der Waals surface area (Å²) in [5, 5.41) is 12.8. The van der Waals surface area contributed by atoms with E-state index in [0.29, 0.717) is 45.0 Å². The van der Waals surface area contributed by atoms with Gasteiger partial charge in [-0.3, -0.25) is 4.79 Å². The molecule has 0 aliphatic carbocycles. The number of carbonyl (C=O) groups is 1. The van der Waals surface area contributed by atoms with Gasteiger partial charge in [-0.05, 0) is 42.5 Å². The van der Waals surface area contributed by atoms with Gasteiger partial charge in [0, 0.05) is 11.6 Å². The van der Waals surface area contributed by atoms with Gasteiger partial charge < -0.3 is 24.3 Å². The molecule has 3 aromatic rings. The minimum absolute atomic E-state index is 0.0618. The Balaban J connectivity index is 1.77. The van der Waals surface area contributed by atoms with Crippen molar-refractivity contribution in [1.29, 1.82) is 5.26 Å². The topological polar surface area (TPSA) is 103 Å². The van der Waals surface area contributed by atoms with Crippen LogP contribution in [0.1, 0.15) is 5.56 Å². The summed E-state index contributed by atoms with van der Waals surface area (Å²) in [5.74, 6) is 2.09. The molecule has 9 heteroatoms. The number of anilines is 1. The zero-order valence-electron chi connectivity index (χ0n) is 18.7.